The molecule has 0 aromatic heterocycles. The molecule has 2 amide bonds. The predicted octanol–water partition coefficient (Wildman–Crippen LogP) is 5.06. The molecule has 1 aliphatic heterocycles. The van der Waals surface area contributed by atoms with Gasteiger partial charge in [-0.3, -0.25) is 9.59 Å². The number of piperazine rings is 1. The molecule has 166 valence electrons. The van der Waals surface area contributed by atoms with Crippen LogP contribution in [0.2, 0.25) is 5.02 Å². The predicted molar refractivity (Wildman–Crippen MR) is 128 cm³/mol. The van der Waals surface area contributed by atoms with Gasteiger partial charge in [0.05, 0.1) is 22.3 Å². The van der Waals surface area contributed by atoms with Gasteiger partial charge in [0.1, 0.15) is 5.75 Å². The number of ether oxygens (including phenoxy) is 1. The first-order valence-electron chi connectivity index (χ1n) is 10.1. The molecule has 0 saturated carbocycles. The van der Waals surface area contributed by atoms with Crippen LogP contribution in [-0.2, 0) is 4.79 Å². The Kier molecular flexibility index (Phi) is 7.17. The Morgan fingerprint density at radius 1 is 1.06 bits per heavy atom. The van der Waals surface area contributed by atoms with Crippen LogP contribution in [0, 0.1) is 5.41 Å². The normalized spacial score (nSPS) is 14.4. The zero-order chi connectivity index (χ0) is 22.8. The van der Waals surface area contributed by atoms with E-state index in [1.807, 2.05) is 37.8 Å². The average Bonchev–Trinajstić information content (AvgIpc) is 2.72. The maximum absolute atomic E-state index is 12.6. The van der Waals surface area contributed by atoms with Gasteiger partial charge in [-0.15, -0.1) is 0 Å². The zero-order valence-corrected chi connectivity index (χ0v) is 20.5. The molecule has 0 radical (unpaired) electrons. The highest BCUT2D eigenvalue weighted by Crippen LogP contribution is 2.31. The third-order valence-electron chi connectivity index (χ3n) is 5.17. The van der Waals surface area contributed by atoms with Crippen LogP contribution in [0.1, 0.15) is 31.1 Å². The summed E-state index contributed by atoms with van der Waals surface area (Å²) in [5.41, 5.74) is 1.65. The van der Waals surface area contributed by atoms with E-state index in [-0.39, 0.29) is 17.2 Å². The minimum atomic E-state index is -0.376. The molecule has 1 heterocycles. The molecule has 0 aliphatic carbocycles. The lowest BCUT2D eigenvalue weighted by molar-refractivity contribution is -0.139. The van der Waals surface area contributed by atoms with Gasteiger partial charge in [-0.2, -0.15) is 0 Å². The molecule has 6 nitrogen and oxygen atoms in total. The summed E-state index contributed by atoms with van der Waals surface area (Å²) in [4.78, 5) is 29.1. The number of nitrogens with zero attached hydrogens (tertiary/aromatic N) is 2. The first kappa shape index (κ1) is 23.4. The van der Waals surface area contributed by atoms with Crippen LogP contribution in [0.4, 0.5) is 11.4 Å². The molecule has 0 unspecified atom stereocenters. The van der Waals surface area contributed by atoms with Crippen molar-refractivity contribution in [1.82, 2.24) is 4.90 Å². The van der Waals surface area contributed by atoms with Gasteiger partial charge in [-0.25, -0.2) is 0 Å². The molecular weight excluding hydrogens is 482 g/mol. The van der Waals surface area contributed by atoms with Crippen molar-refractivity contribution >= 4 is 50.7 Å². The molecule has 31 heavy (non-hydrogen) atoms. The smallest absolute Gasteiger partial charge is 0.255 e. The molecule has 3 rings (SSSR count). The van der Waals surface area contributed by atoms with Crippen molar-refractivity contribution in [2.24, 2.45) is 5.41 Å². The summed E-state index contributed by atoms with van der Waals surface area (Å²) in [5, 5.41) is 3.44. The first-order chi connectivity index (χ1) is 14.6. The number of carbonyl (C=O) groups excluding carboxylic acids is 2. The second-order valence-electron chi connectivity index (χ2n) is 8.50. The summed E-state index contributed by atoms with van der Waals surface area (Å²) >= 11 is 9.92. The summed E-state index contributed by atoms with van der Waals surface area (Å²) in [7, 11) is 1.58. The molecule has 0 atom stereocenters. The molecule has 0 bridgehead atoms. The number of rotatable bonds is 4. The number of hydrogen-bond acceptors (Lipinski definition) is 4. The molecule has 1 aliphatic rings. The number of anilines is 2. The summed E-state index contributed by atoms with van der Waals surface area (Å²) in [6.07, 6.45) is 0. The highest BCUT2D eigenvalue weighted by atomic mass is 79.9. The Morgan fingerprint density at radius 3 is 2.29 bits per heavy atom. The molecule has 1 saturated heterocycles. The van der Waals surface area contributed by atoms with E-state index in [1.54, 1.807) is 31.4 Å². The fourth-order valence-electron chi connectivity index (χ4n) is 3.48. The van der Waals surface area contributed by atoms with E-state index in [9.17, 15) is 9.59 Å². The third-order valence-corrected chi connectivity index (χ3v) is 6.09. The highest BCUT2D eigenvalue weighted by Gasteiger charge is 2.30. The van der Waals surface area contributed by atoms with Crippen molar-refractivity contribution < 1.29 is 14.3 Å². The maximum Gasteiger partial charge on any atom is 0.255 e. The summed E-state index contributed by atoms with van der Waals surface area (Å²) in [6.45, 7) is 8.58. The highest BCUT2D eigenvalue weighted by molar-refractivity contribution is 9.10. The standard InChI is InChI=1S/C23H27BrClN3O3/c1-23(2,3)22(30)28-11-9-27(10-12-28)19-7-6-16(14-18(19)25)26-21(29)15-5-8-20(31-4)17(24)13-15/h5-8,13-14H,9-12H2,1-4H3,(H,26,29). The van der Waals surface area contributed by atoms with E-state index in [0.717, 1.165) is 5.69 Å². The monoisotopic (exact) mass is 507 g/mol. The fraction of sp³-hybridized carbons (Fsp3) is 0.391. The van der Waals surface area contributed by atoms with Crippen LogP contribution in [0.15, 0.2) is 40.9 Å². The Morgan fingerprint density at radius 2 is 1.74 bits per heavy atom. The van der Waals surface area contributed by atoms with Crippen molar-refractivity contribution in [2.75, 3.05) is 43.5 Å². The number of methoxy groups -OCH3 is 1. The molecule has 2 aromatic rings. The molecule has 8 heteroatoms. The van der Waals surface area contributed by atoms with Gasteiger partial charge in [-0.1, -0.05) is 32.4 Å². The summed E-state index contributed by atoms with van der Waals surface area (Å²) in [6, 6.07) is 10.6. The van der Waals surface area contributed by atoms with Crippen molar-refractivity contribution in [3.05, 3.63) is 51.5 Å². The van der Waals surface area contributed by atoms with E-state index in [2.05, 4.69) is 26.1 Å². The molecule has 1 fully saturated rings. The molecule has 0 spiro atoms. The van der Waals surface area contributed by atoms with Crippen LogP contribution >= 0.6 is 27.5 Å². The Hall–Kier alpha value is -2.25. The van der Waals surface area contributed by atoms with Crippen LogP contribution in [0.25, 0.3) is 0 Å². The fourth-order valence-corrected chi connectivity index (χ4v) is 4.32. The van der Waals surface area contributed by atoms with E-state index in [1.165, 1.54) is 0 Å². The number of hydrogen-bond donors (Lipinski definition) is 1. The van der Waals surface area contributed by atoms with E-state index < -0.39 is 0 Å². The number of benzene rings is 2. The molecular formula is C23H27BrClN3O3. The lowest BCUT2D eigenvalue weighted by atomic mass is 9.94. The minimum absolute atomic E-state index is 0.168. The van der Waals surface area contributed by atoms with E-state index in [0.29, 0.717) is 52.7 Å². The van der Waals surface area contributed by atoms with Crippen LogP contribution in [0.3, 0.4) is 0 Å². The summed E-state index contributed by atoms with van der Waals surface area (Å²) in [5.74, 6) is 0.594. The van der Waals surface area contributed by atoms with E-state index in [4.69, 9.17) is 16.3 Å². The van der Waals surface area contributed by atoms with Crippen molar-refractivity contribution in [3.63, 3.8) is 0 Å². The Balaban J connectivity index is 1.65. The van der Waals surface area contributed by atoms with Gasteiger partial charge < -0.3 is 19.9 Å². The van der Waals surface area contributed by atoms with Gasteiger partial charge in [0, 0.05) is 42.8 Å². The Labute approximate surface area is 196 Å². The van der Waals surface area contributed by atoms with Gasteiger partial charge in [0.2, 0.25) is 5.91 Å². The van der Waals surface area contributed by atoms with Gasteiger partial charge in [0.25, 0.3) is 5.91 Å². The second-order valence-corrected chi connectivity index (χ2v) is 9.76. The van der Waals surface area contributed by atoms with Crippen LogP contribution in [-0.4, -0.2) is 50.0 Å². The number of carbonyl (C=O) groups is 2. The number of nitrogens with one attached hydrogen (secondary N) is 1. The second kappa shape index (κ2) is 9.49. The zero-order valence-electron chi connectivity index (χ0n) is 18.2. The number of halogens is 2. The molecule has 2 aromatic carbocycles. The Bertz CT molecular complexity index is 983. The van der Waals surface area contributed by atoms with Crippen molar-refractivity contribution in [3.8, 4) is 5.75 Å². The maximum atomic E-state index is 12.6. The van der Waals surface area contributed by atoms with Crippen LogP contribution < -0.4 is 15.0 Å². The third kappa shape index (κ3) is 5.52. The topological polar surface area (TPSA) is 61.9 Å². The SMILES string of the molecule is COc1ccc(C(=O)Nc2ccc(N3CCN(C(=O)C(C)(C)C)CC3)c(Cl)c2)cc1Br. The lowest BCUT2D eigenvalue weighted by Crippen LogP contribution is -2.51. The number of amides is 2. The molecule has 1 N–H and O–H groups in total. The lowest BCUT2D eigenvalue weighted by Gasteiger charge is -2.39. The van der Waals surface area contributed by atoms with Crippen LogP contribution in [0.5, 0.6) is 5.75 Å². The largest absolute Gasteiger partial charge is 0.496 e. The average molecular weight is 509 g/mol. The quantitative estimate of drug-likeness (QED) is 0.627. The van der Waals surface area contributed by atoms with Gasteiger partial charge in [-0.05, 0) is 52.3 Å². The first-order valence-corrected chi connectivity index (χ1v) is 11.3. The van der Waals surface area contributed by atoms with Crippen molar-refractivity contribution in [1.29, 1.82) is 0 Å². The minimum Gasteiger partial charge on any atom is -0.496 e. The van der Waals surface area contributed by atoms with Gasteiger partial charge >= 0.3 is 0 Å². The van der Waals surface area contributed by atoms with Crippen molar-refractivity contribution in [2.45, 2.75) is 20.8 Å². The van der Waals surface area contributed by atoms with Gasteiger partial charge in [0.15, 0.2) is 0 Å². The van der Waals surface area contributed by atoms with E-state index >= 15 is 0 Å². The summed E-state index contributed by atoms with van der Waals surface area (Å²) < 4.78 is 5.91.